The van der Waals surface area contributed by atoms with Crippen molar-refractivity contribution >= 4 is 35.0 Å². The van der Waals surface area contributed by atoms with Crippen LogP contribution in [0.4, 0.5) is 27.8 Å². The van der Waals surface area contributed by atoms with Crippen molar-refractivity contribution in [1.29, 1.82) is 0 Å². The molecule has 2 amide bonds. The van der Waals surface area contributed by atoms with Gasteiger partial charge in [-0.2, -0.15) is 0 Å². The number of fused-ring (bicyclic) bond motifs is 3. The van der Waals surface area contributed by atoms with E-state index in [4.69, 9.17) is 9.47 Å². The first-order valence-corrected chi connectivity index (χ1v) is 11.6. The second kappa shape index (κ2) is 8.57. The maximum absolute atomic E-state index is 13.3. The Morgan fingerprint density at radius 3 is 2.74 bits per heavy atom. The minimum Gasteiger partial charge on any atom is -0.493 e. The quantitative estimate of drug-likeness (QED) is 0.576. The van der Waals surface area contributed by atoms with Crippen LogP contribution in [-0.4, -0.2) is 42.2 Å². The van der Waals surface area contributed by atoms with Gasteiger partial charge in [-0.05, 0) is 56.7 Å². The van der Waals surface area contributed by atoms with Crippen molar-refractivity contribution in [2.24, 2.45) is 0 Å². The number of pyridine rings is 2. The molecule has 180 valence electrons. The molecule has 4 heterocycles. The maximum atomic E-state index is 13.3. The highest BCUT2D eigenvalue weighted by Crippen LogP contribution is 2.42. The van der Waals surface area contributed by atoms with Crippen molar-refractivity contribution in [2.45, 2.75) is 32.8 Å². The number of nitrogens with zero attached hydrogens (tertiary/aromatic N) is 4. The third-order valence-electron chi connectivity index (χ3n) is 6.27. The molecule has 9 heteroatoms. The average Bonchev–Trinajstić information content (AvgIpc) is 2.91. The molecule has 0 unspecified atom stereocenters. The molecule has 0 bridgehead atoms. The minimum absolute atomic E-state index is 0.132. The molecule has 0 aliphatic carbocycles. The van der Waals surface area contributed by atoms with Gasteiger partial charge in [0.15, 0.2) is 5.82 Å². The molecule has 3 aromatic rings. The number of aromatic nitrogens is 2. The lowest BCUT2D eigenvalue weighted by molar-refractivity contribution is 0.0396. The van der Waals surface area contributed by atoms with Crippen molar-refractivity contribution in [3.05, 3.63) is 65.5 Å². The Hall–Kier alpha value is -4.14. The third kappa shape index (κ3) is 3.92. The molecule has 1 aromatic carbocycles. The zero-order chi connectivity index (χ0) is 24.7. The molecule has 0 saturated heterocycles. The van der Waals surface area contributed by atoms with Gasteiger partial charge < -0.3 is 19.3 Å². The van der Waals surface area contributed by atoms with Gasteiger partial charge >= 0.3 is 6.09 Å². The summed E-state index contributed by atoms with van der Waals surface area (Å²) in [5.41, 5.74) is 2.81. The molecule has 2 aliphatic heterocycles. The summed E-state index contributed by atoms with van der Waals surface area (Å²) in [6, 6.07) is 11.1. The molecule has 0 spiro atoms. The van der Waals surface area contributed by atoms with Gasteiger partial charge in [0.2, 0.25) is 0 Å². The molecule has 0 radical (unpaired) electrons. The van der Waals surface area contributed by atoms with Crippen molar-refractivity contribution in [1.82, 2.24) is 9.97 Å². The lowest BCUT2D eigenvalue weighted by Crippen LogP contribution is -2.35. The number of benzene rings is 1. The Kier molecular flexibility index (Phi) is 5.55. The summed E-state index contributed by atoms with van der Waals surface area (Å²) in [5, 5.41) is 2.73. The van der Waals surface area contributed by atoms with Crippen LogP contribution in [0.15, 0.2) is 48.8 Å². The molecule has 35 heavy (non-hydrogen) atoms. The standard InChI is InChI=1S/C26H27N5O4/c1-5-31-22-17(24(32)30(4)19-9-7-12-27-23(19)31)14-16(15-28-22)11-13-34-20-10-6-8-18-21(20)26(2,3)35-25(33)29-18/h6-10,12,14-15H,5,11,13H2,1-4H3,(H,29,33). The van der Waals surface area contributed by atoms with Crippen LogP contribution in [0.2, 0.25) is 0 Å². The number of amides is 2. The van der Waals surface area contributed by atoms with Crippen molar-refractivity contribution in [3.8, 4) is 5.75 Å². The monoisotopic (exact) mass is 473 g/mol. The number of cyclic esters (lactones) is 1. The van der Waals surface area contributed by atoms with Gasteiger partial charge in [0.25, 0.3) is 5.91 Å². The fourth-order valence-electron chi connectivity index (χ4n) is 4.63. The predicted octanol–water partition coefficient (Wildman–Crippen LogP) is 4.64. The molecule has 1 N–H and O–H groups in total. The van der Waals surface area contributed by atoms with Gasteiger partial charge in [-0.15, -0.1) is 0 Å². The Labute approximate surface area is 203 Å². The van der Waals surface area contributed by atoms with E-state index in [1.807, 2.05) is 62.1 Å². The SMILES string of the molecule is CCN1c2ncc(CCOc3cccc4c3C(C)(C)OC(=O)N4)cc2C(=O)N(C)c2cccnc21. The zero-order valence-electron chi connectivity index (χ0n) is 20.2. The number of carbonyl (C=O) groups excluding carboxylic acids is 2. The fraction of sp³-hybridized carbons (Fsp3) is 0.308. The van der Waals surface area contributed by atoms with E-state index in [-0.39, 0.29) is 5.91 Å². The van der Waals surface area contributed by atoms with E-state index in [1.54, 1.807) is 24.3 Å². The topological polar surface area (TPSA) is 96.9 Å². The number of rotatable bonds is 5. The number of hydrogen-bond donors (Lipinski definition) is 1. The minimum atomic E-state index is -0.816. The van der Waals surface area contributed by atoms with Crippen LogP contribution in [-0.2, 0) is 16.8 Å². The lowest BCUT2D eigenvalue weighted by Gasteiger charge is -2.33. The number of nitrogens with one attached hydrogen (secondary N) is 1. The highest BCUT2D eigenvalue weighted by atomic mass is 16.6. The van der Waals surface area contributed by atoms with Gasteiger partial charge in [-0.1, -0.05) is 6.07 Å². The largest absolute Gasteiger partial charge is 0.493 e. The summed E-state index contributed by atoms with van der Waals surface area (Å²) >= 11 is 0. The maximum Gasteiger partial charge on any atom is 0.412 e. The van der Waals surface area contributed by atoms with Crippen LogP contribution in [0, 0.1) is 0 Å². The molecule has 2 aliphatic rings. The van der Waals surface area contributed by atoms with Gasteiger partial charge in [0.05, 0.1) is 29.1 Å². The van der Waals surface area contributed by atoms with E-state index in [2.05, 4.69) is 15.3 Å². The molecule has 2 aromatic heterocycles. The summed E-state index contributed by atoms with van der Waals surface area (Å²) in [6.45, 7) is 6.67. The summed E-state index contributed by atoms with van der Waals surface area (Å²) in [7, 11) is 1.75. The second-order valence-corrected chi connectivity index (χ2v) is 8.97. The van der Waals surface area contributed by atoms with E-state index in [0.717, 1.165) is 16.8 Å². The van der Waals surface area contributed by atoms with Crippen LogP contribution in [0.3, 0.4) is 0 Å². The first kappa shape index (κ1) is 22.6. The predicted molar refractivity (Wildman–Crippen MR) is 133 cm³/mol. The zero-order valence-corrected chi connectivity index (χ0v) is 20.2. The Balaban J connectivity index is 1.39. The van der Waals surface area contributed by atoms with E-state index in [9.17, 15) is 9.59 Å². The highest BCUT2D eigenvalue weighted by Gasteiger charge is 2.36. The van der Waals surface area contributed by atoms with Crippen LogP contribution < -0.4 is 19.9 Å². The molecule has 0 saturated carbocycles. The molecule has 5 rings (SSSR count). The molecular formula is C26H27N5O4. The normalized spacial score (nSPS) is 15.9. The van der Waals surface area contributed by atoms with E-state index in [1.165, 1.54) is 0 Å². The number of hydrogen-bond acceptors (Lipinski definition) is 7. The Morgan fingerprint density at radius 2 is 1.94 bits per heavy atom. The Morgan fingerprint density at radius 1 is 1.11 bits per heavy atom. The van der Waals surface area contributed by atoms with Crippen molar-refractivity contribution in [2.75, 3.05) is 35.3 Å². The molecule has 9 nitrogen and oxygen atoms in total. The smallest absolute Gasteiger partial charge is 0.412 e. The van der Waals surface area contributed by atoms with Gasteiger partial charge in [-0.25, -0.2) is 14.8 Å². The van der Waals surface area contributed by atoms with Gasteiger partial charge in [0.1, 0.15) is 17.2 Å². The number of carbonyl (C=O) groups is 2. The first-order valence-electron chi connectivity index (χ1n) is 11.6. The highest BCUT2D eigenvalue weighted by molar-refractivity contribution is 6.12. The van der Waals surface area contributed by atoms with Crippen molar-refractivity contribution in [3.63, 3.8) is 0 Å². The molecular weight excluding hydrogens is 446 g/mol. The van der Waals surface area contributed by atoms with Gasteiger partial charge in [-0.3, -0.25) is 10.1 Å². The van der Waals surface area contributed by atoms with E-state index < -0.39 is 11.7 Å². The average molecular weight is 474 g/mol. The second-order valence-electron chi connectivity index (χ2n) is 8.97. The summed E-state index contributed by atoms with van der Waals surface area (Å²) in [6.07, 6.45) is 3.56. The van der Waals surface area contributed by atoms with Crippen LogP contribution in [0.25, 0.3) is 0 Å². The molecule has 0 atom stereocenters. The number of anilines is 4. The van der Waals surface area contributed by atoms with Crippen LogP contribution in [0.5, 0.6) is 5.75 Å². The van der Waals surface area contributed by atoms with Crippen LogP contribution in [0.1, 0.15) is 42.3 Å². The fourth-order valence-corrected chi connectivity index (χ4v) is 4.63. The summed E-state index contributed by atoms with van der Waals surface area (Å²) in [5.74, 6) is 1.81. The summed E-state index contributed by atoms with van der Waals surface area (Å²) < 4.78 is 11.6. The van der Waals surface area contributed by atoms with E-state index in [0.29, 0.717) is 48.2 Å². The third-order valence-corrected chi connectivity index (χ3v) is 6.27. The lowest BCUT2D eigenvalue weighted by atomic mass is 9.94. The Bertz CT molecular complexity index is 1320. The van der Waals surface area contributed by atoms with Crippen LogP contribution >= 0.6 is 0 Å². The van der Waals surface area contributed by atoms with Gasteiger partial charge in [0, 0.05) is 32.4 Å². The summed E-state index contributed by atoms with van der Waals surface area (Å²) in [4.78, 5) is 37.9. The molecule has 0 fully saturated rings. The number of ether oxygens (including phenoxy) is 2. The first-order chi connectivity index (χ1) is 16.8. The van der Waals surface area contributed by atoms with E-state index >= 15 is 0 Å². The van der Waals surface area contributed by atoms with Crippen molar-refractivity contribution < 1.29 is 19.1 Å².